The smallest absolute Gasteiger partial charge is 0.0540 e. The van der Waals surface area contributed by atoms with E-state index in [-0.39, 0.29) is 5.41 Å². The van der Waals surface area contributed by atoms with Crippen LogP contribution in [0.25, 0.3) is 81.0 Å². The van der Waals surface area contributed by atoms with E-state index in [1.54, 1.807) is 11.1 Å². The summed E-state index contributed by atoms with van der Waals surface area (Å²) in [6.45, 7) is 2.33. The highest BCUT2D eigenvalue weighted by Crippen LogP contribution is 2.69. The van der Waals surface area contributed by atoms with Crippen molar-refractivity contribution in [1.29, 1.82) is 0 Å². The van der Waals surface area contributed by atoms with Gasteiger partial charge in [-0.05, 0) is 189 Å². The van der Waals surface area contributed by atoms with Crippen molar-refractivity contribution in [3.8, 4) is 44.5 Å². The molecule has 4 fully saturated rings. The van der Waals surface area contributed by atoms with E-state index in [0.717, 1.165) is 47.2 Å². The molecular formula is C69H55NS. The Morgan fingerprint density at radius 1 is 0.465 bits per heavy atom. The van der Waals surface area contributed by atoms with Crippen LogP contribution in [0.5, 0.6) is 0 Å². The second-order valence-electron chi connectivity index (χ2n) is 21.7. The maximum Gasteiger partial charge on any atom is 0.0540 e. The van der Waals surface area contributed by atoms with Crippen LogP contribution < -0.4 is 4.90 Å². The van der Waals surface area contributed by atoms with Gasteiger partial charge in [-0.25, -0.2) is 0 Å². The fraction of sp³-hybridized carbons (Fsp3) is 0.188. The summed E-state index contributed by atoms with van der Waals surface area (Å²) in [5, 5.41) is 5.20. The van der Waals surface area contributed by atoms with Gasteiger partial charge in [-0.1, -0.05) is 171 Å². The van der Waals surface area contributed by atoms with Crippen LogP contribution in [0.15, 0.2) is 212 Å². The molecule has 4 bridgehead atoms. The maximum absolute atomic E-state index is 2.63. The number of anilines is 3. The summed E-state index contributed by atoms with van der Waals surface area (Å²) in [5.74, 6) is 3.83. The molecule has 1 heterocycles. The van der Waals surface area contributed by atoms with Crippen LogP contribution in [-0.2, 0) is 5.41 Å². The Bertz CT molecular complexity index is 3810. The van der Waals surface area contributed by atoms with Crippen molar-refractivity contribution in [3.63, 3.8) is 0 Å². The predicted octanol–water partition coefficient (Wildman–Crippen LogP) is 19.4. The van der Waals surface area contributed by atoms with Gasteiger partial charge >= 0.3 is 0 Å². The second kappa shape index (κ2) is 16.1. The minimum Gasteiger partial charge on any atom is -0.310 e. The molecule has 1 atom stereocenters. The molecule has 9 aromatic carbocycles. The third kappa shape index (κ3) is 6.36. The van der Waals surface area contributed by atoms with Gasteiger partial charge < -0.3 is 4.90 Å². The number of fused-ring (bicyclic) bond motifs is 7. The first-order valence-corrected chi connectivity index (χ1v) is 27.0. The van der Waals surface area contributed by atoms with Gasteiger partial charge in [0.05, 0.1) is 5.69 Å². The molecule has 2 heteroatoms. The monoisotopic (exact) mass is 929 g/mol. The topological polar surface area (TPSA) is 3.24 Å². The molecule has 1 aromatic heterocycles. The average molecular weight is 930 g/mol. The first-order chi connectivity index (χ1) is 35.1. The van der Waals surface area contributed by atoms with E-state index in [0.29, 0.717) is 5.92 Å². The van der Waals surface area contributed by atoms with E-state index < -0.39 is 0 Å². The maximum atomic E-state index is 2.63. The van der Waals surface area contributed by atoms with E-state index in [9.17, 15) is 0 Å². The van der Waals surface area contributed by atoms with Crippen molar-refractivity contribution in [2.45, 2.75) is 50.9 Å². The Hall–Kier alpha value is -7.26. The summed E-state index contributed by atoms with van der Waals surface area (Å²) in [7, 11) is 0. The van der Waals surface area contributed by atoms with E-state index >= 15 is 0 Å². The van der Waals surface area contributed by atoms with E-state index in [4.69, 9.17) is 0 Å². The zero-order valence-corrected chi connectivity index (χ0v) is 41.0. The highest BCUT2D eigenvalue weighted by atomic mass is 32.1. The van der Waals surface area contributed by atoms with Crippen molar-refractivity contribution in [1.82, 2.24) is 0 Å². The second-order valence-corrected chi connectivity index (χ2v) is 22.7. The standard InChI is InChI=1S/C69H55NS/c1-43-13-8-16-49(35-43)55-22-10-14-47-15-11-24-60(67(47)55)59-20-3-6-26-64(59)70(54-18-9-17-50(41-54)56-23-12-28-66-68(56)61-21-4-7-27-65(61)71-66)53-32-29-46(30-33-53)48-31-34-58-57-19-2-5-25-62(57)69(63(58)42-48)51-37-44-36-45(39-51)40-52(69)38-44/h2-12,14-35,41-45,51-52H,13,36-40H2,1H3. The highest BCUT2D eigenvalue weighted by molar-refractivity contribution is 7.25. The lowest BCUT2D eigenvalue weighted by Crippen LogP contribution is -2.55. The van der Waals surface area contributed by atoms with Crippen molar-refractivity contribution in [3.05, 3.63) is 229 Å². The van der Waals surface area contributed by atoms with E-state index in [1.165, 1.54) is 119 Å². The van der Waals surface area contributed by atoms with Gasteiger partial charge in [0.25, 0.3) is 0 Å². The van der Waals surface area contributed by atoms with Gasteiger partial charge in [0.2, 0.25) is 0 Å². The molecule has 0 N–H and O–H groups in total. The summed E-state index contributed by atoms with van der Waals surface area (Å²) < 4.78 is 2.65. The van der Waals surface area contributed by atoms with Crippen LogP contribution in [0.3, 0.4) is 0 Å². The number of nitrogens with zero attached hydrogens (tertiary/aromatic N) is 1. The van der Waals surface area contributed by atoms with Gasteiger partial charge in [0.1, 0.15) is 0 Å². The number of rotatable bonds is 7. The highest BCUT2D eigenvalue weighted by Gasteiger charge is 2.61. The average Bonchev–Trinajstić information content (AvgIpc) is 3.94. The number of hydrogen-bond acceptors (Lipinski definition) is 2. The fourth-order valence-corrected chi connectivity index (χ4v) is 16.2. The zero-order valence-electron chi connectivity index (χ0n) is 40.2. The number of benzene rings is 9. The summed E-state index contributed by atoms with van der Waals surface area (Å²) >= 11 is 1.88. The van der Waals surface area contributed by atoms with Crippen LogP contribution in [0, 0.1) is 29.6 Å². The zero-order chi connectivity index (χ0) is 46.8. The fourth-order valence-electron chi connectivity index (χ4n) is 15.1. The number of hydrogen-bond donors (Lipinski definition) is 0. The molecule has 0 amide bonds. The molecule has 0 saturated heterocycles. The summed E-state index contributed by atoms with van der Waals surface area (Å²) in [6.07, 6.45) is 15.3. The Kier molecular flexibility index (Phi) is 9.44. The molecule has 1 spiro atoms. The third-order valence-electron chi connectivity index (χ3n) is 17.8. The van der Waals surface area contributed by atoms with Crippen molar-refractivity contribution < 1.29 is 0 Å². The first-order valence-electron chi connectivity index (χ1n) is 26.2. The molecule has 6 aliphatic rings. The first kappa shape index (κ1) is 41.5. The third-order valence-corrected chi connectivity index (χ3v) is 18.9. The number of allylic oxidation sites excluding steroid dienone is 4. The number of para-hydroxylation sites is 1. The SMILES string of the molecule is CC1C=C(c2cccc3cccc(-c4ccccc4N(c4ccc(-c5ccc6c(c5)C5(c7ccccc7-6)C6CC7CC(C6)CC5C7)cc4)c4cccc(-c5cccc6sc7ccccc7c56)c4)c23)C=CC1. The van der Waals surface area contributed by atoms with Crippen LogP contribution in [0.1, 0.15) is 62.1 Å². The van der Waals surface area contributed by atoms with Crippen LogP contribution in [-0.4, -0.2) is 0 Å². The Morgan fingerprint density at radius 3 is 1.96 bits per heavy atom. The molecule has 1 nitrogen and oxygen atoms in total. The molecule has 71 heavy (non-hydrogen) atoms. The largest absolute Gasteiger partial charge is 0.310 e. The lowest BCUT2D eigenvalue weighted by atomic mass is 9.43. The lowest BCUT2D eigenvalue weighted by molar-refractivity contribution is -0.0399. The number of thiophene rings is 1. The van der Waals surface area contributed by atoms with Gasteiger partial charge in [0, 0.05) is 42.5 Å². The van der Waals surface area contributed by atoms with Crippen molar-refractivity contribution in [2.75, 3.05) is 4.90 Å². The lowest BCUT2D eigenvalue weighted by Gasteiger charge is -2.61. The van der Waals surface area contributed by atoms with Crippen molar-refractivity contribution >= 4 is 64.9 Å². The van der Waals surface area contributed by atoms with Crippen LogP contribution in [0.4, 0.5) is 17.1 Å². The molecule has 6 aliphatic carbocycles. The molecule has 0 radical (unpaired) electrons. The minimum atomic E-state index is 0.143. The minimum absolute atomic E-state index is 0.143. The predicted molar refractivity (Wildman–Crippen MR) is 302 cm³/mol. The van der Waals surface area contributed by atoms with Gasteiger partial charge in [-0.2, -0.15) is 0 Å². The molecular weight excluding hydrogens is 875 g/mol. The van der Waals surface area contributed by atoms with E-state index in [2.05, 4.69) is 224 Å². The van der Waals surface area contributed by atoms with Gasteiger partial charge in [-0.3, -0.25) is 0 Å². The van der Waals surface area contributed by atoms with Crippen LogP contribution in [0.2, 0.25) is 0 Å². The summed E-state index contributed by atoms with van der Waals surface area (Å²) in [4.78, 5) is 2.51. The molecule has 342 valence electrons. The van der Waals surface area contributed by atoms with Gasteiger partial charge in [-0.15, -0.1) is 11.3 Å². The Balaban J connectivity index is 0.894. The normalized spacial score (nSPS) is 22.6. The molecule has 10 aromatic rings. The molecule has 0 aliphatic heterocycles. The molecule has 1 unspecified atom stereocenters. The summed E-state index contributed by atoms with van der Waals surface area (Å²) in [6, 6.07) is 74.2. The van der Waals surface area contributed by atoms with Gasteiger partial charge in [0.15, 0.2) is 0 Å². The molecule has 4 saturated carbocycles. The molecule has 16 rings (SSSR count). The van der Waals surface area contributed by atoms with Crippen LogP contribution >= 0.6 is 11.3 Å². The summed E-state index contributed by atoms with van der Waals surface area (Å²) in [5.41, 5.74) is 19.9. The Morgan fingerprint density at radius 2 is 1.13 bits per heavy atom. The Labute approximate surface area is 421 Å². The quantitative estimate of drug-likeness (QED) is 0.154. The van der Waals surface area contributed by atoms with Crippen molar-refractivity contribution in [2.24, 2.45) is 29.6 Å². The van der Waals surface area contributed by atoms with E-state index in [1.807, 2.05) is 11.3 Å².